The third-order valence-corrected chi connectivity index (χ3v) is 5.45. The molecule has 0 unspecified atom stereocenters. The summed E-state index contributed by atoms with van der Waals surface area (Å²) in [5, 5.41) is 10.9. The summed E-state index contributed by atoms with van der Waals surface area (Å²) < 4.78 is 5.77. The minimum atomic E-state index is -0.459. The lowest BCUT2D eigenvalue weighted by Crippen LogP contribution is -2.38. The van der Waals surface area contributed by atoms with E-state index in [9.17, 15) is 5.11 Å². The van der Waals surface area contributed by atoms with E-state index in [0.717, 1.165) is 18.8 Å². The van der Waals surface area contributed by atoms with Crippen LogP contribution in [0.25, 0.3) is 0 Å². The highest BCUT2D eigenvalue weighted by Gasteiger charge is 2.34. The predicted molar refractivity (Wildman–Crippen MR) is 98.6 cm³/mol. The molecular formula is C18H30N2O2S. The fourth-order valence-corrected chi connectivity index (χ4v) is 4.27. The van der Waals surface area contributed by atoms with Crippen LogP contribution < -0.4 is 4.74 Å². The summed E-state index contributed by atoms with van der Waals surface area (Å²) in [5.74, 6) is 0.844. The molecule has 5 heteroatoms. The van der Waals surface area contributed by atoms with Crippen LogP contribution in [0.1, 0.15) is 11.1 Å². The molecule has 1 aromatic rings. The van der Waals surface area contributed by atoms with Gasteiger partial charge >= 0.3 is 0 Å². The third-order valence-electron chi connectivity index (χ3n) is 4.39. The van der Waals surface area contributed by atoms with E-state index < -0.39 is 6.10 Å². The number of aliphatic hydroxyl groups is 1. The van der Waals surface area contributed by atoms with Crippen LogP contribution in [0.3, 0.4) is 0 Å². The quantitative estimate of drug-likeness (QED) is 0.823. The first-order valence-electron chi connectivity index (χ1n) is 8.19. The molecule has 0 radical (unpaired) electrons. The summed E-state index contributed by atoms with van der Waals surface area (Å²) in [7, 11) is 4.27. The van der Waals surface area contributed by atoms with Crippen molar-refractivity contribution in [3.8, 4) is 5.75 Å². The van der Waals surface area contributed by atoms with E-state index >= 15 is 0 Å². The van der Waals surface area contributed by atoms with E-state index in [0.29, 0.717) is 24.4 Å². The molecule has 0 saturated carbocycles. The van der Waals surface area contributed by atoms with Gasteiger partial charge in [-0.3, -0.25) is 4.90 Å². The van der Waals surface area contributed by atoms with Crippen LogP contribution in [0.15, 0.2) is 18.2 Å². The van der Waals surface area contributed by atoms with Gasteiger partial charge in [-0.15, -0.1) is 0 Å². The molecule has 1 aliphatic rings. The maximum absolute atomic E-state index is 10.3. The van der Waals surface area contributed by atoms with Gasteiger partial charge in [-0.2, -0.15) is 11.8 Å². The number of nitrogens with zero attached hydrogens (tertiary/aromatic N) is 2. The van der Waals surface area contributed by atoms with Crippen molar-refractivity contribution in [2.75, 3.05) is 46.6 Å². The summed E-state index contributed by atoms with van der Waals surface area (Å²) in [5.41, 5.74) is 2.37. The number of aliphatic hydroxyl groups excluding tert-OH is 1. The number of β-amino-alcohol motifs (C(OH)–C–C–N with tert-alkyl or cyclic N) is 1. The van der Waals surface area contributed by atoms with E-state index in [1.807, 2.05) is 23.9 Å². The molecule has 1 fully saturated rings. The number of benzene rings is 1. The zero-order chi connectivity index (χ0) is 17.0. The molecule has 3 atom stereocenters. The molecule has 0 spiro atoms. The highest BCUT2D eigenvalue weighted by Crippen LogP contribution is 2.24. The number of rotatable bonds is 7. The number of hydrogen-bond donors (Lipinski definition) is 1. The number of hydrogen-bond acceptors (Lipinski definition) is 5. The van der Waals surface area contributed by atoms with Gasteiger partial charge in [0.2, 0.25) is 0 Å². The summed E-state index contributed by atoms with van der Waals surface area (Å²) >= 11 is 1.92. The third kappa shape index (κ3) is 5.38. The van der Waals surface area contributed by atoms with Crippen molar-refractivity contribution in [2.45, 2.75) is 31.2 Å². The van der Waals surface area contributed by atoms with Crippen molar-refractivity contribution in [1.29, 1.82) is 0 Å². The van der Waals surface area contributed by atoms with E-state index in [2.05, 4.69) is 50.1 Å². The highest BCUT2D eigenvalue weighted by molar-refractivity contribution is 7.99. The summed E-state index contributed by atoms with van der Waals surface area (Å²) in [4.78, 5) is 4.64. The average molecular weight is 339 g/mol. The molecular weight excluding hydrogens is 308 g/mol. The Hall–Kier alpha value is -0.750. The zero-order valence-corrected chi connectivity index (χ0v) is 15.8. The molecule has 0 amide bonds. The van der Waals surface area contributed by atoms with Crippen molar-refractivity contribution in [3.63, 3.8) is 0 Å². The standard InChI is InChI=1S/C18H30N2O2S/c1-13-6-14(2)8-16(7-13)22-12-15(21)9-20-10-17(19(3)4)18(11-20)23-5/h6-8,15,17-18,21H,9-12H2,1-5H3/t15-,17-,18+/m0/s1. The molecule has 1 heterocycles. The van der Waals surface area contributed by atoms with E-state index in [1.54, 1.807) is 0 Å². The SMILES string of the molecule is CS[C@@H]1CN(C[C@H](O)COc2cc(C)cc(C)c2)C[C@@H]1N(C)C. The van der Waals surface area contributed by atoms with Crippen LogP contribution >= 0.6 is 11.8 Å². The first-order chi connectivity index (χ1) is 10.9. The van der Waals surface area contributed by atoms with Crippen LogP contribution in [0.2, 0.25) is 0 Å². The molecule has 0 bridgehead atoms. The number of ether oxygens (including phenoxy) is 1. The van der Waals surface area contributed by atoms with E-state index in [-0.39, 0.29) is 0 Å². The zero-order valence-electron chi connectivity index (χ0n) is 15.0. The number of likely N-dealkylation sites (N-methyl/N-ethyl adjacent to an activating group) is 1. The molecule has 130 valence electrons. The Morgan fingerprint density at radius 2 is 1.91 bits per heavy atom. The molecule has 1 aliphatic heterocycles. The Labute approximate surface area is 144 Å². The molecule has 1 N–H and O–H groups in total. The van der Waals surface area contributed by atoms with Crippen LogP contribution in [0.4, 0.5) is 0 Å². The normalized spacial score (nSPS) is 23.4. The highest BCUT2D eigenvalue weighted by atomic mass is 32.2. The summed E-state index contributed by atoms with van der Waals surface area (Å²) in [6.07, 6.45) is 1.71. The number of aryl methyl sites for hydroxylation is 2. The van der Waals surface area contributed by atoms with E-state index in [4.69, 9.17) is 4.74 Å². The Balaban J connectivity index is 1.82. The van der Waals surface area contributed by atoms with Gasteiger partial charge in [0.15, 0.2) is 0 Å². The number of likely N-dealkylation sites (tertiary alicyclic amines) is 1. The van der Waals surface area contributed by atoms with Gasteiger partial charge < -0.3 is 14.7 Å². The average Bonchev–Trinajstić information content (AvgIpc) is 2.87. The lowest BCUT2D eigenvalue weighted by Gasteiger charge is -2.24. The van der Waals surface area contributed by atoms with Gasteiger partial charge in [0.1, 0.15) is 18.5 Å². The smallest absolute Gasteiger partial charge is 0.119 e. The Morgan fingerprint density at radius 1 is 1.26 bits per heavy atom. The van der Waals surface area contributed by atoms with Crippen LogP contribution in [0, 0.1) is 13.8 Å². The van der Waals surface area contributed by atoms with Crippen molar-refractivity contribution in [3.05, 3.63) is 29.3 Å². The first-order valence-corrected chi connectivity index (χ1v) is 9.48. The van der Waals surface area contributed by atoms with Crippen molar-refractivity contribution in [1.82, 2.24) is 9.80 Å². The maximum Gasteiger partial charge on any atom is 0.119 e. The van der Waals surface area contributed by atoms with Crippen LogP contribution in [-0.4, -0.2) is 78.9 Å². The molecule has 2 rings (SSSR count). The van der Waals surface area contributed by atoms with Gasteiger partial charge in [-0.25, -0.2) is 0 Å². The topological polar surface area (TPSA) is 35.9 Å². The molecule has 1 saturated heterocycles. The second-order valence-corrected chi connectivity index (χ2v) is 7.89. The van der Waals surface area contributed by atoms with Gasteiger partial charge in [-0.05, 0) is 57.5 Å². The van der Waals surface area contributed by atoms with Crippen LogP contribution in [0.5, 0.6) is 5.75 Å². The van der Waals surface area contributed by atoms with Gasteiger partial charge in [0.25, 0.3) is 0 Å². The molecule has 0 aliphatic carbocycles. The molecule has 0 aromatic heterocycles. The van der Waals surface area contributed by atoms with Crippen molar-refractivity contribution < 1.29 is 9.84 Å². The number of thioether (sulfide) groups is 1. The second-order valence-electron chi connectivity index (χ2n) is 6.81. The minimum Gasteiger partial charge on any atom is -0.491 e. The molecule has 4 nitrogen and oxygen atoms in total. The predicted octanol–water partition coefficient (Wildman–Crippen LogP) is 2.02. The fraction of sp³-hybridized carbons (Fsp3) is 0.667. The largest absolute Gasteiger partial charge is 0.491 e. The molecule has 1 aromatic carbocycles. The Morgan fingerprint density at radius 3 is 2.43 bits per heavy atom. The Kier molecular flexibility index (Phi) is 6.77. The van der Waals surface area contributed by atoms with Gasteiger partial charge in [0, 0.05) is 30.9 Å². The van der Waals surface area contributed by atoms with E-state index in [1.165, 1.54) is 11.1 Å². The van der Waals surface area contributed by atoms with Gasteiger partial charge in [0.05, 0.1) is 0 Å². The monoisotopic (exact) mass is 338 g/mol. The van der Waals surface area contributed by atoms with Crippen molar-refractivity contribution in [2.24, 2.45) is 0 Å². The minimum absolute atomic E-state index is 0.343. The summed E-state index contributed by atoms with van der Waals surface area (Å²) in [6.45, 7) is 7.18. The van der Waals surface area contributed by atoms with Gasteiger partial charge in [-0.1, -0.05) is 6.07 Å². The van der Waals surface area contributed by atoms with Crippen LogP contribution in [-0.2, 0) is 0 Å². The second kappa shape index (κ2) is 8.38. The summed E-state index contributed by atoms with van der Waals surface area (Å²) in [6, 6.07) is 6.71. The van der Waals surface area contributed by atoms with Crippen molar-refractivity contribution >= 4 is 11.8 Å². The lowest BCUT2D eigenvalue weighted by molar-refractivity contribution is 0.0738. The first kappa shape index (κ1) is 18.6. The lowest BCUT2D eigenvalue weighted by atomic mass is 10.1. The fourth-order valence-electron chi connectivity index (χ4n) is 3.27. The maximum atomic E-state index is 10.3. The molecule has 23 heavy (non-hydrogen) atoms. The Bertz CT molecular complexity index is 490.